The van der Waals surface area contributed by atoms with E-state index in [4.69, 9.17) is 9.15 Å². The minimum atomic E-state index is 0.0706. The normalized spacial score (nSPS) is 15.3. The summed E-state index contributed by atoms with van der Waals surface area (Å²) >= 11 is 0. The van der Waals surface area contributed by atoms with Crippen LogP contribution in [0.25, 0.3) is 11.5 Å². The summed E-state index contributed by atoms with van der Waals surface area (Å²) in [5.41, 5.74) is 1.58. The molecule has 0 bridgehead atoms. The first-order valence-corrected chi connectivity index (χ1v) is 6.68. The van der Waals surface area contributed by atoms with E-state index in [9.17, 15) is 4.79 Å². The average molecular weight is 272 g/mol. The van der Waals surface area contributed by atoms with Crippen molar-refractivity contribution in [1.29, 1.82) is 0 Å². The highest BCUT2D eigenvalue weighted by Crippen LogP contribution is 2.18. The summed E-state index contributed by atoms with van der Waals surface area (Å²) in [6.07, 6.45) is 1.83. The number of amides is 1. The first kappa shape index (κ1) is 12.9. The number of benzene rings is 1. The summed E-state index contributed by atoms with van der Waals surface area (Å²) in [6.45, 7) is 2.53. The lowest BCUT2D eigenvalue weighted by Crippen LogP contribution is -2.41. The molecule has 1 amide bonds. The lowest BCUT2D eigenvalue weighted by molar-refractivity contribution is -0.134. The van der Waals surface area contributed by atoms with Gasteiger partial charge in [0.2, 0.25) is 11.8 Å². The minimum absolute atomic E-state index is 0.0706. The maximum absolute atomic E-state index is 12.1. The SMILES string of the molecule is O=C(Cc1coc(-c2ccccc2)n1)N1CCOCC1. The lowest BCUT2D eigenvalue weighted by atomic mass is 10.2. The fraction of sp³-hybridized carbons (Fsp3) is 0.333. The van der Waals surface area contributed by atoms with Crippen molar-refractivity contribution in [3.05, 3.63) is 42.3 Å². The summed E-state index contributed by atoms with van der Waals surface area (Å²) in [7, 11) is 0. The van der Waals surface area contributed by atoms with Gasteiger partial charge >= 0.3 is 0 Å². The number of rotatable bonds is 3. The first-order valence-electron chi connectivity index (χ1n) is 6.68. The number of hydrogen-bond acceptors (Lipinski definition) is 4. The van der Waals surface area contributed by atoms with Crippen LogP contribution >= 0.6 is 0 Å². The van der Waals surface area contributed by atoms with E-state index in [1.807, 2.05) is 30.3 Å². The number of carbonyl (C=O) groups is 1. The van der Waals surface area contributed by atoms with Crippen LogP contribution in [-0.2, 0) is 16.0 Å². The van der Waals surface area contributed by atoms with Crippen LogP contribution in [0.2, 0.25) is 0 Å². The molecule has 104 valence electrons. The molecule has 2 heterocycles. The Labute approximate surface area is 117 Å². The maximum Gasteiger partial charge on any atom is 0.228 e. The van der Waals surface area contributed by atoms with E-state index in [1.54, 1.807) is 11.2 Å². The van der Waals surface area contributed by atoms with Crippen molar-refractivity contribution in [2.24, 2.45) is 0 Å². The smallest absolute Gasteiger partial charge is 0.228 e. The van der Waals surface area contributed by atoms with Gasteiger partial charge in [-0.25, -0.2) is 4.98 Å². The molecule has 1 aliphatic rings. The van der Waals surface area contributed by atoms with Gasteiger partial charge in [0.15, 0.2) is 0 Å². The van der Waals surface area contributed by atoms with Gasteiger partial charge < -0.3 is 14.1 Å². The number of hydrogen-bond donors (Lipinski definition) is 0. The molecule has 0 N–H and O–H groups in total. The summed E-state index contributed by atoms with van der Waals surface area (Å²) in [4.78, 5) is 18.3. The zero-order chi connectivity index (χ0) is 13.8. The molecule has 1 aromatic carbocycles. The van der Waals surface area contributed by atoms with E-state index in [0.717, 1.165) is 5.56 Å². The summed E-state index contributed by atoms with van der Waals surface area (Å²) < 4.78 is 10.7. The molecule has 20 heavy (non-hydrogen) atoms. The van der Waals surface area contributed by atoms with Crippen LogP contribution in [0.1, 0.15) is 5.69 Å². The molecule has 1 saturated heterocycles. The van der Waals surface area contributed by atoms with Gasteiger partial charge in [-0.2, -0.15) is 0 Å². The van der Waals surface area contributed by atoms with Gasteiger partial charge in [0, 0.05) is 18.7 Å². The van der Waals surface area contributed by atoms with Crippen molar-refractivity contribution in [2.75, 3.05) is 26.3 Å². The Bertz CT molecular complexity index is 574. The number of carbonyl (C=O) groups excluding carboxylic acids is 1. The van der Waals surface area contributed by atoms with Crippen molar-refractivity contribution >= 4 is 5.91 Å². The number of aromatic nitrogens is 1. The number of oxazole rings is 1. The van der Waals surface area contributed by atoms with E-state index in [0.29, 0.717) is 37.9 Å². The van der Waals surface area contributed by atoms with Gasteiger partial charge in [0.1, 0.15) is 6.26 Å². The Balaban J connectivity index is 1.66. The highest BCUT2D eigenvalue weighted by atomic mass is 16.5. The molecule has 3 rings (SSSR count). The third-order valence-corrected chi connectivity index (χ3v) is 3.27. The summed E-state index contributed by atoms with van der Waals surface area (Å²) in [6, 6.07) is 9.66. The Morgan fingerprint density at radius 3 is 2.70 bits per heavy atom. The molecule has 0 radical (unpaired) electrons. The van der Waals surface area contributed by atoms with E-state index in [2.05, 4.69) is 4.98 Å². The van der Waals surface area contributed by atoms with Crippen LogP contribution in [0.5, 0.6) is 0 Å². The highest BCUT2D eigenvalue weighted by Gasteiger charge is 2.18. The molecule has 1 fully saturated rings. The number of morpholine rings is 1. The second kappa shape index (κ2) is 5.88. The standard InChI is InChI=1S/C15H16N2O3/c18-14(17-6-8-19-9-7-17)10-13-11-20-15(16-13)12-4-2-1-3-5-12/h1-5,11H,6-10H2. The van der Waals surface area contributed by atoms with Crippen molar-refractivity contribution in [2.45, 2.75) is 6.42 Å². The van der Waals surface area contributed by atoms with E-state index in [1.165, 1.54) is 0 Å². The maximum atomic E-state index is 12.1. The second-order valence-corrected chi connectivity index (χ2v) is 4.68. The zero-order valence-corrected chi connectivity index (χ0v) is 11.1. The van der Waals surface area contributed by atoms with Gasteiger partial charge in [-0.05, 0) is 12.1 Å². The number of ether oxygens (including phenoxy) is 1. The Kier molecular flexibility index (Phi) is 3.78. The molecular weight excluding hydrogens is 256 g/mol. The second-order valence-electron chi connectivity index (χ2n) is 4.68. The lowest BCUT2D eigenvalue weighted by Gasteiger charge is -2.26. The van der Waals surface area contributed by atoms with Gasteiger partial charge in [-0.15, -0.1) is 0 Å². The molecule has 0 spiro atoms. The summed E-state index contributed by atoms with van der Waals surface area (Å²) in [5.74, 6) is 0.622. The van der Waals surface area contributed by atoms with E-state index in [-0.39, 0.29) is 12.3 Å². The van der Waals surface area contributed by atoms with Crippen LogP contribution in [0.4, 0.5) is 0 Å². The van der Waals surface area contributed by atoms with Crippen molar-refractivity contribution in [3.8, 4) is 11.5 Å². The Hall–Kier alpha value is -2.14. The third kappa shape index (κ3) is 2.88. The minimum Gasteiger partial charge on any atom is -0.444 e. The van der Waals surface area contributed by atoms with Gasteiger partial charge in [0.05, 0.1) is 25.3 Å². The predicted octanol–water partition coefficient (Wildman–Crippen LogP) is 1.74. The predicted molar refractivity (Wildman–Crippen MR) is 73.0 cm³/mol. The van der Waals surface area contributed by atoms with Crippen molar-refractivity contribution in [3.63, 3.8) is 0 Å². The summed E-state index contributed by atoms with van der Waals surface area (Å²) in [5, 5.41) is 0. The zero-order valence-electron chi connectivity index (χ0n) is 11.1. The molecule has 0 saturated carbocycles. The van der Waals surface area contributed by atoms with Crippen molar-refractivity contribution in [1.82, 2.24) is 9.88 Å². The fourth-order valence-electron chi connectivity index (χ4n) is 2.18. The Morgan fingerprint density at radius 2 is 1.95 bits per heavy atom. The molecule has 1 aromatic heterocycles. The highest BCUT2D eigenvalue weighted by molar-refractivity contribution is 5.78. The topological polar surface area (TPSA) is 55.6 Å². The van der Waals surface area contributed by atoms with Gasteiger partial charge in [-0.1, -0.05) is 18.2 Å². The number of nitrogens with zero attached hydrogens (tertiary/aromatic N) is 2. The van der Waals surface area contributed by atoms with Gasteiger partial charge in [0.25, 0.3) is 0 Å². The molecule has 0 atom stereocenters. The molecule has 5 nitrogen and oxygen atoms in total. The van der Waals surface area contributed by atoms with Crippen LogP contribution in [0.3, 0.4) is 0 Å². The van der Waals surface area contributed by atoms with Crippen LogP contribution in [0.15, 0.2) is 41.0 Å². The first-order chi connectivity index (χ1) is 9.83. The van der Waals surface area contributed by atoms with E-state index < -0.39 is 0 Å². The van der Waals surface area contributed by atoms with Gasteiger partial charge in [-0.3, -0.25) is 4.79 Å². The Morgan fingerprint density at radius 1 is 1.20 bits per heavy atom. The molecular formula is C15H16N2O3. The molecule has 0 aliphatic carbocycles. The van der Waals surface area contributed by atoms with E-state index >= 15 is 0 Å². The third-order valence-electron chi connectivity index (χ3n) is 3.27. The molecule has 0 unspecified atom stereocenters. The monoisotopic (exact) mass is 272 g/mol. The largest absolute Gasteiger partial charge is 0.444 e. The van der Waals surface area contributed by atoms with Crippen LogP contribution in [-0.4, -0.2) is 42.1 Å². The molecule has 1 aliphatic heterocycles. The average Bonchev–Trinajstić information content (AvgIpc) is 2.97. The van der Waals surface area contributed by atoms with Crippen LogP contribution < -0.4 is 0 Å². The quantitative estimate of drug-likeness (QED) is 0.854. The van der Waals surface area contributed by atoms with Crippen molar-refractivity contribution < 1.29 is 13.9 Å². The molecule has 5 heteroatoms. The fourth-order valence-corrected chi connectivity index (χ4v) is 2.18. The van der Waals surface area contributed by atoms with Crippen LogP contribution in [0, 0.1) is 0 Å². The molecule has 2 aromatic rings.